The third-order valence-corrected chi connectivity index (χ3v) is 4.33. The number of rotatable bonds is 5. The minimum atomic E-state index is -0.451. The minimum absolute atomic E-state index is 0.0200. The number of nitro groups is 1. The van der Waals surface area contributed by atoms with E-state index in [1.54, 1.807) is 5.38 Å². The molecule has 1 aliphatic heterocycles. The average molecular weight is 297 g/mol. The van der Waals surface area contributed by atoms with Gasteiger partial charge in [-0.05, 0) is 25.8 Å². The first-order valence-corrected chi connectivity index (χ1v) is 7.76. The summed E-state index contributed by atoms with van der Waals surface area (Å²) < 4.78 is 0. The second kappa shape index (κ2) is 6.81. The summed E-state index contributed by atoms with van der Waals surface area (Å²) in [5.41, 5.74) is 0.431. The van der Waals surface area contributed by atoms with Gasteiger partial charge in [-0.1, -0.05) is 18.3 Å². The number of carbonyl (C=O) groups is 1. The molecular weight excluding hydrogens is 278 g/mol. The Balaban J connectivity index is 2.14. The number of hydrogen-bond donors (Lipinski definition) is 1. The van der Waals surface area contributed by atoms with Crippen molar-refractivity contribution in [2.24, 2.45) is 0 Å². The predicted molar refractivity (Wildman–Crippen MR) is 78.2 cm³/mol. The Bertz CT molecular complexity index is 483. The van der Waals surface area contributed by atoms with Crippen molar-refractivity contribution in [3.63, 3.8) is 0 Å². The Morgan fingerprint density at radius 1 is 1.65 bits per heavy atom. The molecule has 1 saturated heterocycles. The molecule has 1 N–H and O–H groups in total. The molecule has 6 nitrogen and oxygen atoms in total. The number of carbonyl (C=O) groups excluding carboxylic acids is 1. The molecule has 20 heavy (non-hydrogen) atoms. The van der Waals surface area contributed by atoms with Crippen LogP contribution in [0.5, 0.6) is 0 Å². The zero-order chi connectivity index (χ0) is 14.5. The van der Waals surface area contributed by atoms with Gasteiger partial charge in [-0.2, -0.15) is 0 Å². The van der Waals surface area contributed by atoms with E-state index in [2.05, 4.69) is 5.32 Å². The number of hydrogen-bond acceptors (Lipinski definition) is 5. The summed E-state index contributed by atoms with van der Waals surface area (Å²) in [5, 5.41) is 15.6. The lowest BCUT2D eigenvalue weighted by Gasteiger charge is -2.34. The summed E-state index contributed by atoms with van der Waals surface area (Å²) in [6.07, 6.45) is 2.93. The standard InChI is InChI=1S/C13H19N3O3S/c1-2-6-15(11-4-3-5-14-8-11)13(17)10-7-12(16(18)19)20-9-10/h7,9,11,14H,2-6,8H2,1H3. The quantitative estimate of drug-likeness (QED) is 0.668. The van der Waals surface area contributed by atoms with Crippen LogP contribution in [0.2, 0.25) is 0 Å². The lowest BCUT2D eigenvalue weighted by atomic mass is 10.0. The van der Waals surface area contributed by atoms with E-state index < -0.39 is 4.92 Å². The molecule has 1 aromatic rings. The molecule has 1 unspecified atom stereocenters. The van der Waals surface area contributed by atoms with Crippen molar-refractivity contribution in [1.29, 1.82) is 0 Å². The van der Waals surface area contributed by atoms with Crippen molar-refractivity contribution < 1.29 is 9.72 Å². The molecule has 1 atom stereocenters. The Hall–Kier alpha value is -1.47. The van der Waals surface area contributed by atoms with Gasteiger partial charge in [0.25, 0.3) is 5.91 Å². The minimum Gasteiger partial charge on any atom is -0.334 e. The second-order valence-electron chi connectivity index (χ2n) is 4.93. The van der Waals surface area contributed by atoms with Crippen LogP contribution >= 0.6 is 11.3 Å². The summed E-state index contributed by atoms with van der Waals surface area (Å²) in [6, 6.07) is 1.57. The molecule has 1 fully saturated rings. The van der Waals surface area contributed by atoms with Gasteiger partial charge < -0.3 is 10.2 Å². The first-order chi connectivity index (χ1) is 9.63. The van der Waals surface area contributed by atoms with Crippen LogP contribution in [0, 0.1) is 10.1 Å². The fourth-order valence-electron chi connectivity index (χ4n) is 2.49. The van der Waals surface area contributed by atoms with Gasteiger partial charge in [0.1, 0.15) is 0 Å². The molecule has 7 heteroatoms. The van der Waals surface area contributed by atoms with Gasteiger partial charge in [-0.3, -0.25) is 14.9 Å². The van der Waals surface area contributed by atoms with Crippen molar-refractivity contribution in [1.82, 2.24) is 10.2 Å². The predicted octanol–water partition coefficient (Wildman–Crippen LogP) is 2.26. The fourth-order valence-corrected chi connectivity index (χ4v) is 3.19. The SMILES string of the molecule is CCCN(C(=O)c1csc([N+](=O)[O-])c1)C1CCCNC1. The van der Waals surface area contributed by atoms with Crippen molar-refractivity contribution in [2.75, 3.05) is 19.6 Å². The molecule has 2 heterocycles. The van der Waals surface area contributed by atoms with E-state index in [1.165, 1.54) is 6.07 Å². The van der Waals surface area contributed by atoms with Gasteiger partial charge in [-0.15, -0.1) is 0 Å². The molecule has 110 valence electrons. The number of nitrogens with zero attached hydrogens (tertiary/aromatic N) is 2. The van der Waals surface area contributed by atoms with E-state index in [4.69, 9.17) is 0 Å². The highest BCUT2D eigenvalue weighted by molar-refractivity contribution is 7.13. The monoisotopic (exact) mass is 297 g/mol. The molecule has 0 aliphatic carbocycles. The van der Waals surface area contributed by atoms with E-state index in [0.717, 1.165) is 43.7 Å². The molecular formula is C13H19N3O3S. The summed E-state index contributed by atoms with van der Waals surface area (Å²) in [4.78, 5) is 24.7. The highest BCUT2D eigenvalue weighted by atomic mass is 32.1. The number of piperidine rings is 1. The molecule has 1 aromatic heterocycles. The Morgan fingerprint density at radius 2 is 2.45 bits per heavy atom. The fraction of sp³-hybridized carbons (Fsp3) is 0.615. The number of amides is 1. The van der Waals surface area contributed by atoms with Crippen molar-refractivity contribution in [3.05, 3.63) is 27.1 Å². The molecule has 0 aromatic carbocycles. The van der Waals surface area contributed by atoms with Crippen LogP contribution in [-0.4, -0.2) is 41.4 Å². The number of thiophene rings is 1. The van der Waals surface area contributed by atoms with Gasteiger partial charge in [-0.25, -0.2) is 0 Å². The zero-order valence-corrected chi connectivity index (χ0v) is 12.3. The van der Waals surface area contributed by atoms with Crippen LogP contribution in [-0.2, 0) is 0 Å². The van der Waals surface area contributed by atoms with Crippen LogP contribution in [0.4, 0.5) is 5.00 Å². The number of nitrogens with one attached hydrogen (secondary N) is 1. The van der Waals surface area contributed by atoms with E-state index in [9.17, 15) is 14.9 Å². The highest BCUT2D eigenvalue weighted by Gasteiger charge is 2.27. The summed E-state index contributed by atoms with van der Waals surface area (Å²) in [5.74, 6) is -0.0927. The smallest absolute Gasteiger partial charge is 0.324 e. The van der Waals surface area contributed by atoms with Crippen LogP contribution in [0.25, 0.3) is 0 Å². The van der Waals surface area contributed by atoms with E-state index in [0.29, 0.717) is 12.1 Å². The third-order valence-electron chi connectivity index (χ3n) is 3.45. The Labute approximate surface area is 121 Å². The van der Waals surface area contributed by atoms with E-state index >= 15 is 0 Å². The lowest BCUT2D eigenvalue weighted by Crippen LogP contribution is -2.48. The van der Waals surface area contributed by atoms with Crippen LogP contribution in [0.15, 0.2) is 11.4 Å². The van der Waals surface area contributed by atoms with Crippen molar-refractivity contribution in [3.8, 4) is 0 Å². The highest BCUT2D eigenvalue weighted by Crippen LogP contribution is 2.25. The first kappa shape index (κ1) is 14.9. The zero-order valence-electron chi connectivity index (χ0n) is 11.5. The molecule has 0 spiro atoms. The second-order valence-corrected chi connectivity index (χ2v) is 5.82. The molecule has 1 aliphatic rings. The molecule has 1 amide bonds. The largest absolute Gasteiger partial charge is 0.334 e. The van der Waals surface area contributed by atoms with E-state index in [1.807, 2.05) is 11.8 Å². The topological polar surface area (TPSA) is 75.5 Å². The average Bonchev–Trinajstić information content (AvgIpc) is 2.95. The summed E-state index contributed by atoms with van der Waals surface area (Å²) >= 11 is 1.01. The Morgan fingerprint density at radius 3 is 3.00 bits per heavy atom. The van der Waals surface area contributed by atoms with Gasteiger partial charge in [0, 0.05) is 30.6 Å². The summed E-state index contributed by atoms with van der Waals surface area (Å²) in [6.45, 7) is 4.52. The Kier molecular flexibility index (Phi) is 5.08. The lowest BCUT2D eigenvalue weighted by molar-refractivity contribution is -0.380. The maximum absolute atomic E-state index is 12.6. The van der Waals surface area contributed by atoms with Gasteiger partial charge in [0.05, 0.1) is 10.5 Å². The van der Waals surface area contributed by atoms with Crippen LogP contribution in [0.1, 0.15) is 36.5 Å². The molecule has 2 rings (SSSR count). The van der Waals surface area contributed by atoms with E-state index in [-0.39, 0.29) is 17.0 Å². The van der Waals surface area contributed by atoms with Crippen LogP contribution < -0.4 is 5.32 Å². The molecule has 0 radical (unpaired) electrons. The normalized spacial score (nSPS) is 18.8. The van der Waals surface area contributed by atoms with Crippen molar-refractivity contribution in [2.45, 2.75) is 32.2 Å². The molecule has 0 saturated carbocycles. The maximum atomic E-state index is 12.6. The first-order valence-electron chi connectivity index (χ1n) is 6.88. The van der Waals surface area contributed by atoms with Gasteiger partial charge >= 0.3 is 5.00 Å². The van der Waals surface area contributed by atoms with Crippen molar-refractivity contribution >= 4 is 22.2 Å². The van der Waals surface area contributed by atoms with Gasteiger partial charge in [0.2, 0.25) is 0 Å². The van der Waals surface area contributed by atoms with Crippen LogP contribution in [0.3, 0.4) is 0 Å². The molecule has 0 bridgehead atoms. The summed E-state index contributed by atoms with van der Waals surface area (Å²) in [7, 11) is 0. The third kappa shape index (κ3) is 3.34. The maximum Gasteiger partial charge on any atom is 0.324 e. The van der Waals surface area contributed by atoms with Gasteiger partial charge in [0.15, 0.2) is 0 Å².